The Balaban J connectivity index is 1.28. The molecule has 1 fully saturated rings. The minimum Gasteiger partial charge on any atom is -0.492 e. The molecule has 5 rings (SSSR count). The molecule has 0 aliphatic carbocycles. The number of likely N-dealkylation sites (tertiary alicyclic amines) is 1. The molecule has 0 amide bonds. The van der Waals surface area contributed by atoms with Crippen LogP contribution in [-0.2, 0) is 0 Å². The Kier molecular flexibility index (Phi) is 5.91. The number of ether oxygens (including phenoxy) is 1. The summed E-state index contributed by atoms with van der Waals surface area (Å²) in [5.41, 5.74) is 2.06. The lowest BCUT2D eigenvalue weighted by atomic mass is 9.96. The van der Waals surface area contributed by atoms with Crippen molar-refractivity contribution in [3.8, 4) is 17.2 Å². The summed E-state index contributed by atoms with van der Waals surface area (Å²) in [5, 5.41) is 13.9. The average Bonchev–Trinajstić information content (AvgIpc) is 3.31. The second kappa shape index (κ2) is 9.02. The van der Waals surface area contributed by atoms with Gasteiger partial charge in [0, 0.05) is 24.3 Å². The smallest absolute Gasteiger partial charge is 0.391 e. The summed E-state index contributed by atoms with van der Waals surface area (Å²) >= 11 is 0. The number of rotatable bonds is 5. The first-order chi connectivity index (χ1) is 16.4. The molecular weight excluding hydrogens is 449 g/mol. The van der Waals surface area contributed by atoms with Crippen LogP contribution in [0.1, 0.15) is 12.8 Å². The molecule has 10 heteroatoms. The van der Waals surface area contributed by atoms with Crippen LogP contribution in [0.2, 0.25) is 0 Å². The van der Waals surface area contributed by atoms with Crippen LogP contribution in [0, 0.1) is 5.92 Å². The first-order valence-electron chi connectivity index (χ1n) is 11.0. The molecule has 4 heterocycles. The lowest BCUT2D eigenvalue weighted by molar-refractivity contribution is -0.185. The summed E-state index contributed by atoms with van der Waals surface area (Å²) in [5.74, 6) is -0.196. The third kappa shape index (κ3) is 4.58. The molecule has 1 N–H and O–H groups in total. The number of halogens is 3. The SMILES string of the molecule is O/N=c1/cc(-c2cc3cccn3cn2)oc2ccc(OCCN3CCC(C(F)(F)F)CC3)cc12. The van der Waals surface area contributed by atoms with Crippen molar-refractivity contribution >= 4 is 16.5 Å². The van der Waals surface area contributed by atoms with E-state index < -0.39 is 12.1 Å². The molecular formula is C24H23F3N4O3. The summed E-state index contributed by atoms with van der Waals surface area (Å²) in [6, 6.07) is 12.5. The molecule has 1 aliphatic rings. The Morgan fingerprint density at radius 1 is 1.15 bits per heavy atom. The largest absolute Gasteiger partial charge is 0.492 e. The minimum atomic E-state index is -4.11. The molecule has 1 aliphatic heterocycles. The molecule has 34 heavy (non-hydrogen) atoms. The van der Waals surface area contributed by atoms with Crippen LogP contribution in [0.3, 0.4) is 0 Å². The molecule has 3 aromatic heterocycles. The highest BCUT2D eigenvalue weighted by Gasteiger charge is 2.40. The van der Waals surface area contributed by atoms with E-state index in [2.05, 4.69) is 10.1 Å². The summed E-state index contributed by atoms with van der Waals surface area (Å²) < 4.78 is 52.2. The van der Waals surface area contributed by atoms with E-state index in [1.165, 1.54) is 0 Å². The first kappa shape index (κ1) is 22.3. The predicted molar refractivity (Wildman–Crippen MR) is 118 cm³/mol. The van der Waals surface area contributed by atoms with Crippen LogP contribution < -0.4 is 10.1 Å². The highest BCUT2D eigenvalue weighted by Crippen LogP contribution is 2.34. The van der Waals surface area contributed by atoms with Gasteiger partial charge in [0.2, 0.25) is 0 Å². The van der Waals surface area contributed by atoms with E-state index in [9.17, 15) is 18.4 Å². The second-order valence-electron chi connectivity index (χ2n) is 8.37. The fraction of sp³-hybridized carbons (Fsp3) is 0.333. The topological polar surface area (TPSA) is 75.5 Å². The van der Waals surface area contributed by atoms with Crippen molar-refractivity contribution in [2.45, 2.75) is 19.0 Å². The van der Waals surface area contributed by atoms with E-state index >= 15 is 0 Å². The molecule has 1 saturated heterocycles. The third-order valence-corrected chi connectivity index (χ3v) is 6.22. The standard InChI is InChI=1S/C24H23F3N4O3/c25-24(26,27)16-5-8-30(9-6-16)10-11-33-18-3-4-22-19(13-18)20(29-32)14-23(34-22)21-12-17-2-1-7-31(17)15-28-21/h1-4,7,12-16,32H,5-6,8-11H2/b29-20-. The summed E-state index contributed by atoms with van der Waals surface area (Å²) in [7, 11) is 0. The van der Waals surface area contributed by atoms with Gasteiger partial charge in [-0.15, -0.1) is 0 Å². The van der Waals surface area contributed by atoms with Crippen molar-refractivity contribution in [2.24, 2.45) is 11.1 Å². The zero-order valence-electron chi connectivity index (χ0n) is 18.2. The van der Waals surface area contributed by atoms with Gasteiger partial charge in [-0.2, -0.15) is 13.2 Å². The molecule has 0 unspecified atom stereocenters. The Hall–Kier alpha value is -3.53. The molecule has 0 spiro atoms. The van der Waals surface area contributed by atoms with E-state index in [-0.39, 0.29) is 12.8 Å². The van der Waals surface area contributed by atoms with E-state index in [0.717, 1.165) is 5.52 Å². The van der Waals surface area contributed by atoms with Gasteiger partial charge in [-0.25, -0.2) is 4.98 Å². The monoisotopic (exact) mass is 472 g/mol. The van der Waals surface area contributed by atoms with Crippen molar-refractivity contribution in [3.63, 3.8) is 0 Å². The molecule has 0 saturated carbocycles. The highest BCUT2D eigenvalue weighted by molar-refractivity contribution is 5.80. The third-order valence-electron chi connectivity index (χ3n) is 6.22. The van der Waals surface area contributed by atoms with Crippen molar-refractivity contribution in [2.75, 3.05) is 26.2 Å². The normalized spacial score (nSPS) is 16.5. The molecule has 178 valence electrons. The predicted octanol–water partition coefficient (Wildman–Crippen LogP) is 4.69. The van der Waals surface area contributed by atoms with E-state index in [1.807, 2.05) is 33.7 Å². The quantitative estimate of drug-likeness (QED) is 0.337. The Bertz CT molecular complexity index is 1370. The Labute approximate surface area is 192 Å². The van der Waals surface area contributed by atoms with Crippen LogP contribution in [0.4, 0.5) is 13.2 Å². The fourth-order valence-corrected chi connectivity index (χ4v) is 4.29. The Morgan fingerprint density at radius 3 is 2.74 bits per heavy atom. The van der Waals surface area contributed by atoms with E-state index in [4.69, 9.17) is 9.15 Å². The molecule has 0 radical (unpaired) electrons. The number of hydrogen-bond acceptors (Lipinski definition) is 6. The summed E-state index contributed by atoms with van der Waals surface area (Å²) in [4.78, 5) is 6.39. The van der Waals surface area contributed by atoms with Crippen LogP contribution in [0.15, 0.2) is 64.6 Å². The number of benzene rings is 1. The van der Waals surface area contributed by atoms with Gasteiger partial charge in [-0.3, -0.25) is 4.90 Å². The van der Waals surface area contributed by atoms with Gasteiger partial charge in [0.15, 0.2) is 5.76 Å². The summed E-state index contributed by atoms with van der Waals surface area (Å²) in [6.07, 6.45) is -0.292. The highest BCUT2D eigenvalue weighted by atomic mass is 19.4. The molecule has 0 bridgehead atoms. The number of aromatic nitrogens is 2. The zero-order chi connectivity index (χ0) is 23.7. The number of nitrogens with zero attached hydrogens (tertiary/aromatic N) is 4. The lowest BCUT2D eigenvalue weighted by Crippen LogP contribution is -2.40. The number of alkyl halides is 3. The molecule has 7 nitrogen and oxygen atoms in total. The van der Waals surface area contributed by atoms with Gasteiger partial charge in [0.05, 0.1) is 17.6 Å². The number of fused-ring (bicyclic) bond motifs is 2. The second-order valence-corrected chi connectivity index (χ2v) is 8.37. The molecule has 1 aromatic carbocycles. The van der Waals surface area contributed by atoms with Crippen LogP contribution >= 0.6 is 0 Å². The maximum absolute atomic E-state index is 12.8. The lowest BCUT2D eigenvalue weighted by Gasteiger charge is -2.32. The van der Waals surface area contributed by atoms with Crippen LogP contribution in [0.25, 0.3) is 27.9 Å². The van der Waals surface area contributed by atoms with Gasteiger partial charge in [0.25, 0.3) is 0 Å². The van der Waals surface area contributed by atoms with E-state index in [0.29, 0.717) is 59.8 Å². The average molecular weight is 472 g/mol. The Morgan fingerprint density at radius 2 is 1.97 bits per heavy atom. The fourth-order valence-electron chi connectivity index (χ4n) is 4.29. The maximum Gasteiger partial charge on any atom is 0.391 e. The number of hydrogen-bond donors (Lipinski definition) is 1. The minimum absolute atomic E-state index is 0.122. The van der Waals surface area contributed by atoms with Crippen molar-refractivity contribution in [1.29, 1.82) is 0 Å². The van der Waals surface area contributed by atoms with Crippen molar-refractivity contribution in [1.82, 2.24) is 14.3 Å². The van der Waals surface area contributed by atoms with Crippen LogP contribution in [-0.4, -0.2) is 51.9 Å². The van der Waals surface area contributed by atoms with Gasteiger partial charge in [-0.1, -0.05) is 5.16 Å². The van der Waals surface area contributed by atoms with Crippen molar-refractivity contribution in [3.05, 3.63) is 60.3 Å². The van der Waals surface area contributed by atoms with Crippen molar-refractivity contribution < 1.29 is 27.5 Å². The zero-order valence-corrected chi connectivity index (χ0v) is 18.2. The van der Waals surface area contributed by atoms with Gasteiger partial charge in [-0.05, 0) is 62.3 Å². The van der Waals surface area contributed by atoms with Gasteiger partial charge < -0.3 is 18.8 Å². The first-order valence-corrected chi connectivity index (χ1v) is 11.0. The molecule has 0 atom stereocenters. The number of piperidine rings is 1. The maximum atomic E-state index is 12.8. The van der Waals surface area contributed by atoms with Gasteiger partial charge in [0.1, 0.15) is 29.0 Å². The van der Waals surface area contributed by atoms with Gasteiger partial charge >= 0.3 is 6.18 Å². The van der Waals surface area contributed by atoms with Crippen LogP contribution in [0.5, 0.6) is 5.75 Å². The van der Waals surface area contributed by atoms with E-state index in [1.54, 1.807) is 30.6 Å². The molecule has 4 aromatic rings. The summed E-state index contributed by atoms with van der Waals surface area (Å²) in [6.45, 7) is 1.69.